The highest BCUT2D eigenvalue weighted by atomic mass is 31.2. The number of halogens is 3. The molecule has 1 aliphatic heterocycles. The highest BCUT2D eigenvalue weighted by molar-refractivity contribution is 7.55. The molecule has 0 amide bonds. The average molecular weight is 275 g/mol. The fourth-order valence-corrected chi connectivity index (χ4v) is 2.86. The second-order valence-electron chi connectivity index (χ2n) is 3.76. The van der Waals surface area contributed by atoms with Crippen molar-refractivity contribution in [2.45, 2.75) is 32.9 Å². The molecule has 0 spiro atoms. The second-order valence-corrected chi connectivity index (χ2v) is 6.29. The summed E-state index contributed by atoms with van der Waals surface area (Å²) < 4.78 is 55.0. The fraction of sp³-hybridized carbons (Fsp3) is 1.00. The molecule has 1 unspecified atom stereocenters. The Bertz CT molecular complexity index is 263. The van der Waals surface area contributed by atoms with E-state index in [2.05, 4.69) is 0 Å². The van der Waals surface area contributed by atoms with Gasteiger partial charge in [-0.05, 0) is 12.8 Å². The maximum atomic E-state index is 12.3. The van der Waals surface area contributed by atoms with Gasteiger partial charge in [-0.2, -0.15) is 13.2 Å². The Labute approximate surface area is 101 Å². The Morgan fingerprint density at radius 2 is 1.65 bits per heavy atom. The van der Waals surface area contributed by atoms with Crippen molar-refractivity contribution in [1.29, 1.82) is 0 Å². The van der Waals surface area contributed by atoms with E-state index in [0.717, 1.165) is 0 Å². The molecule has 17 heavy (non-hydrogen) atoms. The Morgan fingerprint density at radius 3 is 1.94 bits per heavy atom. The van der Waals surface area contributed by atoms with Crippen LogP contribution in [0.25, 0.3) is 0 Å². The van der Waals surface area contributed by atoms with Gasteiger partial charge in [-0.25, -0.2) is 4.67 Å². The first-order chi connectivity index (χ1) is 7.77. The Hall–Kier alpha value is -0.0600. The Morgan fingerprint density at radius 1 is 1.24 bits per heavy atom. The molecule has 3 nitrogen and oxygen atoms in total. The van der Waals surface area contributed by atoms with Gasteiger partial charge in [0, 0.05) is 26.9 Å². The third-order valence-corrected chi connectivity index (χ3v) is 4.89. The summed E-state index contributed by atoms with van der Waals surface area (Å²) in [5.74, 6) is -1.26. The molecule has 0 aromatic heterocycles. The van der Waals surface area contributed by atoms with Crippen LogP contribution in [-0.2, 0) is 9.09 Å². The summed E-state index contributed by atoms with van der Waals surface area (Å²) in [7, 11) is -1.55. The van der Waals surface area contributed by atoms with E-state index in [9.17, 15) is 17.7 Å². The van der Waals surface area contributed by atoms with Crippen LogP contribution in [0.2, 0.25) is 0 Å². The summed E-state index contributed by atoms with van der Waals surface area (Å²) in [5.41, 5.74) is 0. The van der Waals surface area contributed by atoms with Gasteiger partial charge in [-0.1, -0.05) is 13.8 Å². The van der Waals surface area contributed by atoms with E-state index in [1.54, 1.807) is 0 Å². The molecule has 7 heteroatoms. The minimum absolute atomic E-state index is 0.00465. The zero-order valence-electron chi connectivity index (χ0n) is 10.8. The largest absolute Gasteiger partial charge is 0.391 e. The first-order valence-electron chi connectivity index (χ1n) is 5.73. The maximum Gasteiger partial charge on any atom is 0.391 e. The van der Waals surface area contributed by atoms with Crippen molar-refractivity contribution in [2.75, 3.05) is 26.9 Å². The predicted octanol–water partition coefficient (Wildman–Crippen LogP) is 3.76. The normalized spacial score (nSPS) is 22.5. The van der Waals surface area contributed by atoms with Crippen LogP contribution in [-0.4, -0.2) is 37.7 Å². The summed E-state index contributed by atoms with van der Waals surface area (Å²) in [5, 5.41) is 0. The first-order valence-corrected chi connectivity index (χ1v) is 7.75. The van der Waals surface area contributed by atoms with Crippen LogP contribution in [0.1, 0.15) is 26.7 Å². The van der Waals surface area contributed by atoms with Gasteiger partial charge in [0.05, 0.1) is 5.92 Å². The fourth-order valence-electron chi connectivity index (χ4n) is 1.67. The van der Waals surface area contributed by atoms with Crippen LogP contribution in [0.4, 0.5) is 13.2 Å². The second kappa shape index (κ2) is 6.76. The quantitative estimate of drug-likeness (QED) is 0.719. The van der Waals surface area contributed by atoms with Crippen LogP contribution in [0.3, 0.4) is 0 Å². The van der Waals surface area contributed by atoms with Crippen molar-refractivity contribution in [3.63, 3.8) is 0 Å². The molecule has 0 aromatic rings. The number of hydrogen-bond donors (Lipinski definition) is 0. The molecule has 1 heterocycles. The van der Waals surface area contributed by atoms with E-state index in [1.807, 2.05) is 13.8 Å². The minimum atomic E-state index is -4.13. The zero-order chi connectivity index (χ0) is 13.7. The van der Waals surface area contributed by atoms with Gasteiger partial charge in [0.1, 0.15) is 0 Å². The summed E-state index contributed by atoms with van der Waals surface area (Å²) >= 11 is 0. The van der Waals surface area contributed by atoms with Crippen LogP contribution in [0.15, 0.2) is 0 Å². The van der Waals surface area contributed by atoms with Crippen molar-refractivity contribution in [2.24, 2.45) is 5.92 Å². The molecule has 0 saturated carbocycles. The van der Waals surface area contributed by atoms with E-state index in [0.29, 0.717) is 0 Å². The third-order valence-electron chi connectivity index (χ3n) is 2.79. The van der Waals surface area contributed by atoms with Gasteiger partial charge in [-0.15, -0.1) is 0 Å². The topological polar surface area (TPSA) is 29.5 Å². The molecule has 1 fully saturated rings. The molecule has 0 aliphatic carbocycles. The van der Waals surface area contributed by atoms with Crippen LogP contribution < -0.4 is 0 Å². The Balaban J connectivity index is 0.00000121. The lowest BCUT2D eigenvalue weighted by molar-refractivity contribution is -0.183. The van der Waals surface area contributed by atoms with Gasteiger partial charge < -0.3 is 4.52 Å². The van der Waals surface area contributed by atoms with Crippen LogP contribution in [0.5, 0.6) is 0 Å². The number of piperidine rings is 1. The SMILES string of the molecule is CC.COP(C)(=O)N1CCC(C(F)(F)F)CC1. The molecule has 0 aromatic carbocycles. The monoisotopic (exact) mass is 275 g/mol. The molecule has 0 N–H and O–H groups in total. The average Bonchev–Trinajstić information content (AvgIpc) is 2.31. The molecule has 1 aliphatic rings. The highest BCUT2D eigenvalue weighted by Gasteiger charge is 2.43. The van der Waals surface area contributed by atoms with Crippen molar-refractivity contribution >= 4 is 7.52 Å². The lowest BCUT2D eigenvalue weighted by Gasteiger charge is -2.35. The predicted molar refractivity (Wildman–Crippen MR) is 62.2 cm³/mol. The summed E-state index contributed by atoms with van der Waals surface area (Å²) in [4.78, 5) is 0. The first kappa shape index (κ1) is 16.9. The molecule has 1 atom stereocenters. The van der Waals surface area contributed by atoms with E-state index in [4.69, 9.17) is 4.52 Å². The molecule has 1 saturated heterocycles. The molecule has 1 rings (SSSR count). The Kier molecular flexibility index (Phi) is 6.74. The third kappa shape index (κ3) is 4.98. The van der Waals surface area contributed by atoms with Crippen molar-refractivity contribution < 1.29 is 22.3 Å². The van der Waals surface area contributed by atoms with Gasteiger partial charge in [0.25, 0.3) is 7.52 Å². The molecule has 0 radical (unpaired) electrons. The molecular weight excluding hydrogens is 254 g/mol. The standard InChI is InChI=1S/C8H15F3NO2P.C2H6/c1-14-15(2,13)12-5-3-7(4-6-12)8(9,10)11;1-2/h7H,3-6H2,1-2H3;1-2H3. The van der Waals surface area contributed by atoms with Crippen molar-refractivity contribution in [1.82, 2.24) is 4.67 Å². The van der Waals surface area contributed by atoms with Gasteiger partial charge >= 0.3 is 6.18 Å². The van der Waals surface area contributed by atoms with Gasteiger partial charge in [-0.3, -0.25) is 4.57 Å². The van der Waals surface area contributed by atoms with E-state index < -0.39 is 19.6 Å². The number of rotatable bonds is 2. The number of nitrogens with zero attached hydrogens (tertiary/aromatic N) is 1. The van der Waals surface area contributed by atoms with Gasteiger partial charge in [0.2, 0.25) is 0 Å². The molecular formula is C10H21F3NO2P. The lowest BCUT2D eigenvalue weighted by atomic mass is 9.98. The molecule has 0 bridgehead atoms. The van der Waals surface area contributed by atoms with E-state index >= 15 is 0 Å². The summed E-state index contributed by atoms with van der Waals surface area (Å²) in [6.07, 6.45) is -4.12. The van der Waals surface area contributed by atoms with Crippen molar-refractivity contribution in [3.8, 4) is 0 Å². The van der Waals surface area contributed by atoms with Gasteiger partial charge in [0.15, 0.2) is 0 Å². The summed E-state index contributed by atoms with van der Waals surface area (Å²) in [6, 6.07) is 0. The van der Waals surface area contributed by atoms with Crippen LogP contribution >= 0.6 is 7.52 Å². The maximum absolute atomic E-state index is 12.3. The highest BCUT2D eigenvalue weighted by Crippen LogP contribution is 2.49. The minimum Gasteiger partial charge on any atom is -0.321 e. The van der Waals surface area contributed by atoms with Crippen molar-refractivity contribution in [3.05, 3.63) is 0 Å². The number of alkyl halides is 3. The number of hydrogen-bond acceptors (Lipinski definition) is 2. The molecule has 104 valence electrons. The van der Waals surface area contributed by atoms with E-state index in [1.165, 1.54) is 18.4 Å². The smallest absolute Gasteiger partial charge is 0.321 e. The summed E-state index contributed by atoms with van der Waals surface area (Å²) in [6.45, 7) is 5.80. The lowest BCUT2D eigenvalue weighted by Crippen LogP contribution is -2.37. The zero-order valence-corrected chi connectivity index (χ0v) is 11.6. The van der Waals surface area contributed by atoms with Crippen LogP contribution in [0, 0.1) is 5.92 Å². The van der Waals surface area contributed by atoms with E-state index in [-0.39, 0.29) is 25.9 Å².